The zero-order valence-electron chi connectivity index (χ0n) is 20.1. The molecule has 1 saturated heterocycles. The molecule has 1 aliphatic heterocycles. The first kappa shape index (κ1) is 28.3. The molecule has 8 nitrogen and oxygen atoms in total. The second-order valence-electron chi connectivity index (χ2n) is 9.12. The van der Waals surface area contributed by atoms with Crippen LogP contribution < -0.4 is 15.8 Å². The van der Waals surface area contributed by atoms with Gasteiger partial charge in [0.2, 0.25) is 5.82 Å². The monoisotopic (exact) mass is 531 g/mol. The number of carbonyl (C=O) groups is 2. The summed E-state index contributed by atoms with van der Waals surface area (Å²) in [4.78, 5) is 28.4. The normalized spacial score (nSPS) is 24.5. The summed E-state index contributed by atoms with van der Waals surface area (Å²) in [6.07, 6.45) is -5.59. The molecule has 1 aliphatic rings. The number of rotatable bonds is 8. The number of aliphatic hydroxyl groups excluding tert-OH is 1. The highest BCUT2D eigenvalue weighted by molar-refractivity contribution is 5.97. The van der Waals surface area contributed by atoms with Gasteiger partial charge in [0.15, 0.2) is 17.2 Å². The summed E-state index contributed by atoms with van der Waals surface area (Å²) in [7, 11) is 0. The van der Waals surface area contributed by atoms with E-state index in [0.717, 1.165) is 31.3 Å². The van der Waals surface area contributed by atoms with Crippen molar-refractivity contribution in [1.82, 2.24) is 4.98 Å². The molecule has 2 amide bonds. The summed E-state index contributed by atoms with van der Waals surface area (Å²) in [6.45, 7) is 2.90. The number of aromatic nitrogens is 1. The fraction of sp³-hybridized carbons (Fsp3) is 0.458. The van der Waals surface area contributed by atoms with E-state index >= 15 is 0 Å². The fourth-order valence-corrected chi connectivity index (χ4v) is 4.11. The van der Waals surface area contributed by atoms with Gasteiger partial charge in [-0.25, -0.2) is 4.39 Å². The zero-order chi connectivity index (χ0) is 27.7. The number of amides is 2. The van der Waals surface area contributed by atoms with Gasteiger partial charge in [0.25, 0.3) is 11.8 Å². The number of alkyl halides is 3. The summed E-state index contributed by atoms with van der Waals surface area (Å²) in [5.41, 5.74) is 1.93. The van der Waals surface area contributed by atoms with Crippen LogP contribution >= 0.6 is 0 Å². The van der Waals surface area contributed by atoms with Gasteiger partial charge in [-0.2, -0.15) is 17.6 Å². The number of nitrogens with zero attached hydrogens (tertiary/aromatic N) is 1. The minimum atomic E-state index is -4.93. The van der Waals surface area contributed by atoms with Crippen molar-refractivity contribution >= 4 is 17.5 Å². The van der Waals surface area contributed by atoms with Crippen molar-refractivity contribution in [2.45, 2.75) is 44.6 Å². The number of nitrogens with one attached hydrogen (secondary N) is 1. The fourth-order valence-electron chi connectivity index (χ4n) is 4.11. The number of anilines is 1. The minimum Gasteiger partial charge on any atom is -0.490 e. The van der Waals surface area contributed by atoms with E-state index in [4.69, 9.17) is 15.2 Å². The van der Waals surface area contributed by atoms with Gasteiger partial charge in [-0.3, -0.25) is 14.6 Å². The lowest BCUT2D eigenvalue weighted by Gasteiger charge is -2.32. The molecule has 1 aromatic heterocycles. The molecule has 1 fully saturated rings. The molecule has 2 aromatic rings. The van der Waals surface area contributed by atoms with Crippen molar-refractivity contribution in [2.24, 2.45) is 17.6 Å². The van der Waals surface area contributed by atoms with E-state index in [-0.39, 0.29) is 30.2 Å². The number of hydrogen-bond acceptors (Lipinski definition) is 6. The Morgan fingerprint density at radius 2 is 1.97 bits per heavy atom. The van der Waals surface area contributed by atoms with Crippen LogP contribution in [0.5, 0.6) is 5.75 Å². The summed E-state index contributed by atoms with van der Waals surface area (Å²) in [6, 6.07) is 4.17. The third-order valence-electron chi connectivity index (χ3n) is 6.47. The van der Waals surface area contributed by atoms with Crippen LogP contribution in [0.15, 0.2) is 30.5 Å². The standard InChI is InChI=1S/C24H26F5N3O5/c1-11(9-33)10-36-19-14(4-5-15(25)18(19)26)17-12(2)23(3,24(27,28)29)37-20(17)22(35)32-13-6-7-31-16(8-13)21(30)34/h4-8,11-12,17,20,33H,9-10H2,1-3H3,(H2,30,34)(H,31,32,35)/t11-,12-,17-,20+,23+/m0/s1. The van der Waals surface area contributed by atoms with Crippen molar-refractivity contribution in [3.8, 4) is 5.75 Å². The van der Waals surface area contributed by atoms with Crippen molar-refractivity contribution < 1.29 is 46.1 Å². The smallest absolute Gasteiger partial charge is 0.417 e. The van der Waals surface area contributed by atoms with E-state index in [2.05, 4.69) is 10.3 Å². The lowest BCUT2D eigenvalue weighted by Crippen LogP contribution is -2.47. The van der Waals surface area contributed by atoms with E-state index in [9.17, 15) is 36.6 Å². The lowest BCUT2D eigenvalue weighted by molar-refractivity contribution is -0.272. The summed E-state index contributed by atoms with van der Waals surface area (Å²) in [5, 5.41) is 11.6. The van der Waals surface area contributed by atoms with Gasteiger partial charge in [0.1, 0.15) is 11.8 Å². The number of pyridine rings is 1. The number of nitrogens with two attached hydrogens (primary N) is 1. The zero-order valence-corrected chi connectivity index (χ0v) is 20.1. The third-order valence-corrected chi connectivity index (χ3v) is 6.47. The molecule has 1 aromatic carbocycles. The summed E-state index contributed by atoms with van der Waals surface area (Å²) < 4.78 is 82.0. The van der Waals surface area contributed by atoms with Crippen molar-refractivity contribution in [3.05, 3.63) is 53.4 Å². The van der Waals surface area contributed by atoms with Crippen LogP contribution in [0.1, 0.15) is 42.7 Å². The highest BCUT2D eigenvalue weighted by Crippen LogP contribution is 2.55. The quantitative estimate of drug-likeness (QED) is 0.448. The average Bonchev–Trinajstić information content (AvgIpc) is 3.11. The number of benzene rings is 1. The van der Waals surface area contributed by atoms with Gasteiger partial charge in [0.05, 0.1) is 6.61 Å². The number of hydrogen-bond donors (Lipinski definition) is 3. The SMILES string of the molecule is C[C@@H](CO)COc1c([C@H]2[C@H](C(=O)Nc3ccnc(C(N)=O)c3)O[C@@](C)(C(F)(F)F)[C@H]2C)ccc(F)c1F. The Labute approximate surface area is 209 Å². The Hall–Kier alpha value is -3.32. The molecule has 0 saturated carbocycles. The van der Waals surface area contributed by atoms with Crippen molar-refractivity contribution in [3.63, 3.8) is 0 Å². The molecular weight excluding hydrogens is 505 g/mol. The van der Waals surface area contributed by atoms with E-state index in [1.807, 2.05) is 0 Å². The van der Waals surface area contributed by atoms with Crippen LogP contribution in [-0.2, 0) is 9.53 Å². The molecule has 202 valence electrons. The summed E-state index contributed by atoms with van der Waals surface area (Å²) in [5.74, 6) is -8.76. The second kappa shape index (κ2) is 10.6. The molecule has 37 heavy (non-hydrogen) atoms. The molecule has 13 heteroatoms. The minimum absolute atomic E-state index is 0.00273. The molecule has 0 spiro atoms. The van der Waals surface area contributed by atoms with E-state index < -0.39 is 64.8 Å². The Morgan fingerprint density at radius 3 is 2.57 bits per heavy atom. The summed E-state index contributed by atoms with van der Waals surface area (Å²) >= 11 is 0. The van der Waals surface area contributed by atoms with E-state index in [1.54, 1.807) is 6.92 Å². The van der Waals surface area contributed by atoms with Crippen LogP contribution in [0.3, 0.4) is 0 Å². The van der Waals surface area contributed by atoms with E-state index in [1.165, 1.54) is 13.0 Å². The Kier molecular flexibility index (Phi) is 8.08. The molecule has 0 unspecified atom stereocenters. The molecular formula is C24H26F5N3O5. The molecule has 2 heterocycles. The number of primary amides is 1. The van der Waals surface area contributed by atoms with Gasteiger partial charge in [0, 0.05) is 41.8 Å². The number of ether oxygens (including phenoxy) is 2. The molecule has 3 rings (SSSR count). The molecule has 0 aliphatic carbocycles. The maximum Gasteiger partial charge on any atom is 0.417 e. The van der Waals surface area contributed by atoms with Crippen molar-refractivity contribution in [2.75, 3.05) is 18.5 Å². The van der Waals surface area contributed by atoms with Crippen molar-refractivity contribution in [1.29, 1.82) is 0 Å². The van der Waals surface area contributed by atoms with Crippen LogP contribution in [0.4, 0.5) is 27.6 Å². The van der Waals surface area contributed by atoms with Gasteiger partial charge in [-0.15, -0.1) is 0 Å². The number of halogens is 5. The molecule has 5 atom stereocenters. The maximum atomic E-state index is 14.8. The molecule has 0 radical (unpaired) electrons. The predicted octanol–water partition coefficient (Wildman–Crippen LogP) is 3.54. The highest BCUT2D eigenvalue weighted by Gasteiger charge is 2.66. The van der Waals surface area contributed by atoms with Crippen LogP contribution in [-0.4, -0.2) is 53.0 Å². The first-order valence-electron chi connectivity index (χ1n) is 11.2. The number of carbonyl (C=O) groups excluding carboxylic acids is 2. The third kappa shape index (κ3) is 5.52. The lowest BCUT2D eigenvalue weighted by atomic mass is 9.77. The maximum absolute atomic E-state index is 14.8. The molecule has 4 N–H and O–H groups in total. The molecule has 0 bridgehead atoms. The number of aliphatic hydroxyl groups is 1. The predicted molar refractivity (Wildman–Crippen MR) is 121 cm³/mol. The average molecular weight is 531 g/mol. The first-order valence-corrected chi connectivity index (χ1v) is 11.2. The van der Waals surface area contributed by atoms with Crippen LogP contribution in [0.25, 0.3) is 0 Å². The Morgan fingerprint density at radius 1 is 1.30 bits per heavy atom. The largest absolute Gasteiger partial charge is 0.490 e. The highest BCUT2D eigenvalue weighted by atomic mass is 19.4. The Balaban J connectivity index is 2.08. The van der Waals surface area contributed by atoms with Gasteiger partial charge >= 0.3 is 6.18 Å². The van der Waals surface area contributed by atoms with Gasteiger partial charge in [-0.1, -0.05) is 19.9 Å². The second-order valence-corrected chi connectivity index (χ2v) is 9.12. The van der Waals surface area contributed by atoms with Crippen LogP contribution in [0, 0.1) is 23.5 Å². The van der Waals surface area contributed by atoms with Gasteiger partial charge in [-0.05, 0) is 25.1 Å². The topological polar surface area (TPSA) is 124 Å². The van der Waals surface area contributed by atoms with Gasteiger partial charge < -0.3 is 25.6 Å². The first-order chi connectivity index (χ1) is 17.2. The van der Waals surface area contributed by atoms with E-state index in [0.29, 0.717) is 0 Å². The Bertz CT molecular complexity index is 1180. The van der Waals surface area contributed by atoms with Crippen LogP contribution in [0.2, 0.25) is 0 Å².